The van der Waals surface area contributed by atoms with E-state index >= 15 is 0 Å². The van der Waals surface area contributed by atoms with Gasteiger partial charge in [0.25, 0.3) is 0 Å². The Kier molecular flexibility index (Phi) is 5.00. The van der Waals surface area contributed by atoms with Gasteiger partial charge in [0.2, 0.25) is 10.0 Å². The molecule has 5 nitrogen and oxygen atoms in total. The fourth-order valence-corrected chi connectivity index (χ4v) is 4.03. The average Bonchev–Trinajstić information content (AvgIpc) is 2.92. The molecule has 0 fully saturated rings. The van der Waals surface area contributed by atoms with Crippen molar-refractivity contribution < 1.29 is 8.42 Å². The van der Waals surface area contributed by atoms with E-state index in [4.69, 9.17) is 28.9 Å². The van der Waals surface area contributed by atoms with E-state index in [0.717, 1.165) is 0 Å². The number of aromatic nitrogens is 1. The predicted octanol–water partition coefficient (Wildman–Crippen LogP) is 2.39. The first-order chi connectivity index (χ1) is 9.44. The molecule has 0 amide bonds. The highest BCUT2D eigenvalue weighted by Gasteiger charge is 2.20. The number of hydrogen-bond acceptors (Lipinski definition) is 5. The van der Waals surface area contributed by atoms with Gasteiger partial charge in [0.05, 0.1) is 22.8 Å². The molecule has 0 radical (unpaired) electrons. The van der Waals surface area contributed by atoms with Gasteiger partial charge in [-0.1, -0.05) is 23.2 Å². The van der Waals surface area contributed by atoms with E-state index in [0.29, 0.717) is 11.3 Å². The molecule has 0 aliphatic carbocycles. The van der Waals surface area contributed by atoms with Gasteiger partial charge in [-0.3, -0.25) is 0 Å². The Morgan fingerprint density at radius 3 is 2.70 bits per heavy atom. The third-order valence-corrected chi connectivity index (χ3v) is 5.35. The third kappa shape index (κ3) is 3.49. The molecule has 0 saturated heterocycles. The first-order valence-electron chi connectivity index (χ1n) is 5.49. The van der Waals surface area contributed by atoms with E-state index in [-0.39, 0.29) is 28.0 Å². The molecule has 0 aliphatic heterocycles. The number of thiazole rings is 1. The lowest BCUT2D eigenvalue weighted by Crippen LogP contribution is -2.24. The molecule has 0 saturated carbocycles. The fraction of sp³-hybridized carbons (Fsp3) is 0.182. The van der Waals surface area contributed by atoms with Crippen LogP contribution in [0, 0.1) is 0 Å². The minimum Gasteiger partial charge on any atom is -0.326 e. The summed E-state index contributed by atoms with van der Waals surface area (Å²) in [7, 11) is -3.78. The topological polar surface area (TPSA) is 85.1 Å². The summed E-state index contributed by atoms with van der Waals surface area (Å²) in [4.78, 5) is 3.92. The minimum atomic E-state index is -3.78. The predicted molar refractivity (Wildman–Crippen MR) is 80.5 cm³/mol. The molecule has 20 heavy (non-hydrogen) atoms. The lowest BCUT2D eigenvalue weighted by atomic mass is 10.2. The molecule has 0 atom stereocenters. The molecule has 0 aliphatic rings. The number of nitrogens with one attached hydrogen (secondary N) is 1. The van der Waals surface area contributed by atoms with Crippen molar-refractivity contribution >= 4 is 44.6 Å². The van der Waals surface area contributed by atoms with E-state index in [2.05, 4.69) is 9.71 Å². The summed E-state index contributed by atoms with van der Waals surface area (Å²) in [6, 6.07) is 2.84. The van der Waals surface area contributed by atoms with Gasteiger partial charge in [-0.05, 0) is 17.7 Å². The van der Waals surface area contributed by atoms with Crippen molar-refractivity contribution in [3.05, 3.63) is 44.3 Å². The van der Waals surface area contributed by atoms with Crippen molar-refractivity contribution in [1.29, 1.82) is 0 Å². The number of hydrogen-bond donors (Lipinski definition) is 2. The van der Waals surface area contributed by atoms with Crippen LogP contribution in [0.15, 0.2) is 27.9 Å². The first-order valence-corrected chi connectivity index (χ1v) is 8.67. The number of halogens is 2. The molecule has 1 heterocycles. The van der Waals surface area contributed by atoms with Crippen LogP contribution >= 0.6 is 34.5 Å². The molecule has 1 aromatic heterocycles. The van der Waals surface area contributed by atoms with Gasteiger partial charge in [-0.25, -0.2) is 18.1 Å². The standard InChI is InChI=1S/C11H11Cl2N3O2S2/c12-8-1-7(3-14)11(13)10(2-8)20(17,18)16-4-9-5-19-6-15-9/h1-2,5-6,16H,3-4,14H2. The highest BCUT2D eigenvalue weighted by atomic mass is 35.5. The van der Waals surface area contributed by atoms with E-state index < -0.39 is 10.0 Å². The van der Waals surface area contributed by atoms with Crippen LogP contribution in [0.3, 0.4) is 0 Å². The van der Waals surface area contributed by atoms with Gasteiger partial charge in [-0.2, -0.15) is 0 Å². The molecule has 0 spiro atoms. The number of benzene rings is 1. The van der Waals surface area contributed by atoms with Crippen molar-refractivity contribution in [2.75, 3.05) is 0 Å². The van der Waals surface area contributed by atoms with Crippen LogP contribution in [0.5, 0.6) is 0 Å². The number of rotatable bonds is 5. The van der Waals surface area contributed by atoms with E-state index in [9.17, 15) is 8.42 Å². The maximum atomic E-state index is 12.2. The smallest absolute Gasteiger partial charge is 0.242 e. The van der Waals surface area contributed by atoms with Crippen molar-refractivity contribution in [2.45, 2.75) is 18.0 Å². The first kappa shape index (κ1) is 15.7. The second kappa shape index (κ2) is 6.38. The maximum Gasteiger partial charge on any atom is 0.242 e. The average molecular weight is 352 g/mol. The Morgan fingerprint density at radius 2 is 2.10 bits per heavy atom. The Balaban J connectivity index is 2.31. The third-order valence-electron chi connectivity index (χ3n) is 2.52. The van der Waals surface area contributed by atoms with E-state index in [1.807, 2.05) is 0 Å². The molecule has 2 rings (SSSR count). The van der Waals surface area contributed by atoms with Crippen molar-refractivity contribution in [2.24, 2.45) is 5.73 Å². The summed E-state index contributed by atoms with van der Waals surface area (Å²) >= 11 is 13.3. The minimum absolute atomic E-state index is 0.0812. The largest absolute Gasteiger partial charge is 0.326 e. The van der Waals surface area contributed by atoms with Crippen molar-refractivity contribution in [1.82, 2.24) is 9.71 Å². The Hall–Kier alpha value is -0.700. The van der Waals surface area contributed by atoms with E-state index in [1.54, 1.807) is 17.0 Å². The molecule has 0 unspecified atom stereocenters. The molecule has 0 bridgehead atoms. The van der Waals surface area contributed by atoms with Crippen LogP contribution in [0.25, 0.3) is 0 Å². The summed E-state index contributed by atoms with van der Waals surface area (Å²) in [6.45, 7) is 0.195. The zero-order valence-corrected chi connectivity index (χ0v) is 13.3. The normalized spacial score (nSPS) is 11.8. The molecule has 108 valence electrons. The molecule has 1 aromatic carbocycles. The van der Waals surface area contributed by atoms with Gasteiger partial charge in [0.1, 0.15) is 4.90 Å². The zero-order valence-electron chi connectivity index (χ0n) is 10.1. The van der Waals surface area contributed by atoms with Crippen LogP contribution < -0.4 is 10.5 Å². The van der Waals surface area contributed by atoms with Crippen LogP contribution in [0.1, 0.15) is 11.3 Å². The maximum absolute atomic E-state index is 12.2. The van der Waals surface area contributed by atoms with Gasteiger partial charge >= 0.3 is 0 Å². The molecule has 2 aromatic rings. The second-order valence-electron chi connectivity index (χ2n) is 3.89. The van der Waals surface area contributed by atoms with Gasteiger partial charge in [0, 0.05) is 16.9 Å². The molecule has 3 N–H and O–H groups in total. The summed E-state index contributed by atoms with van der Waals surface area (Å²) < 4.78 is 26.9. The highest BCUT2D eigenvalue weighted by Crippen LogP contribution is 2.29. The Labute approximate surface area is 130 Å². The van der Waals surface area contributed by atoms with Gasteiger partial charge in [-0.15, -0.1) is 11.3 Å². The number of sulfonamides is 1. The summed E-state index contributed by atoms with van der Waals surface area (Å²) in [6.07, 6.45) is 0. The monoisotopic (exact) mass is 351 g/mol. The van der Waals surface area contributed by atoms with Crippen molar-refractivity contribution in [3.63, 3.8) is 0 Å². The second-order valence-corrected chi connectivity index (χ2v) is 7.15. The van der Waals surface area contributed by atoms with Crippen LogP contribution in [-0.2, 0) is 23.1 Å². The van der Waals surface area contributed by atoms with Gasteiger partial charge in [0.15, 0.2) is 0 Å². The van der Waals surface area contributed by atoms with E-state index in [1.165, 1.54) is 17.4 Å². The molecular weight excluding hydrogens is 341 g/mol. The van der Waals surface area contributed by atoms with Crippen LogP contribution in [-0.4, -0.2) is 13.4 Å². The summed E-state index contributed by atoms with van der Waals surface area (Å²) in [5.74, 6) is 0. The summed E-state index contributed by atoms with van der Waals surface area (Å²) in [5, 5.41) is 2.11. The quantitative estimate of drug-likeness (QED) is 0.865. The Bertz CT molecular complexity index is 703. The lowest BCUT2D eigenvalue weighted by Gasteiger charge is -2.11. The van der Waals surface area contributed by atoms with Crippen LogP contribution in [0.4, 0.5) is 0 Å². The fourth-order valence-electron chi connectivity index (χ4n) is 1.53. The highest BCUT2D eigenvalue weighted by molar-refractivity contribution is 7.89. The lowest BCUT2D eigenvalue weighted by molar-refractivity contribution is 0.580. The SMILES string of the molecule is NCc1cc(Cl)cc(S(=O)(=O)NCc2cscn2)c1Cl. The zero-order chi connectivity index (χ0) is 14.8. The van der Waals surface area contributed by atoms with Crippen LogP contribution in [0.2, 0.25) is 10.0 Å². The molecule has 9 heteroatoms. The van der Waals surface area contributed by atoms with Crippen molar-refractivity contribution in [3.8, 4) is 0 Å². The number of nitrogens with zero attached hydrogens (tertiary/aromatic N) is 1. The number of nitrogens with two attached hydrogens (primary N) is 1. The van der Waals surface area contributed by atoms with Gasteiger partial charge < -0.3 is 5.73 Å². The summed E-state index contributed by atoms with van der Waals surface area (Å²) in [5.41, 5.74) is 8.26. The Morgan fingerprint density at radius 1 is 1.35 bits per heavy atom. The molecular formula is C11H11Cl2N3O2S2.